The fourth-order valence-corrected chi connectivity index (χ4v) is 3.18. The third-order valence-electron chi connectivity index (χ3n) is 2.98. The molecule has 1 unspecified atom stereocenters. The molecule has 0 aliphatic heterocycles. The third kappa shape index (κ3) is 3.21. The van der Waals surface area contributed by atoms with E-state index in [0.29, 0.717) is 14.3 Å². The number of aliphatic imine (C=N–C) groups is 1. The monoisotopic (exact) mass is 271 g/mol. The van der Waals surface area contributed by atoms with Gasteiger partial charge in [0.2, 0.25) is 0 Å². The minimum Gasteiger partial charge on any atom is -0.507 e. The number of benzene rings is 2. The molecule has 0 amide bonds. The zero-order chi connectivity index (χ0) is 13.8. The lowest BCUT2D eigenvalue weighted by Gasteiger charge is -2.10. The van der Waals surface area contributed by atoms with Crippen LogP contribution in [0.5, 0.6) is 5.75 Å². The van der Waals surface area contributed by atoms with Crippen molar-refractivity contribution >= 4 is 25.4 Å². The van der Waals surface area contributed by atoms with Gasteiger partial charge in [-0.1, -0.05) is 44.5 Å². The van der Waals surface area contributed by atoms with Crippen molar-refractivity contribution in [3.8, 4) is 5.75 Å². The lowest BCUT2D eigenvalue weighted by Crippen LogP contribution is -2.10. The number of rotatable bonds is 3. The first-order valence-corrected chi connectivity index (χ1v) is 7.20. The Balaban J connectivity index is 2.40. The second-order valence-electron chi connectivity index (χ2n) is 4.57. The Morgan fingerprint density at radius 3 is 2.63 bits per heavy atom. The minimum atomic E-state index is 0.404. The zero-order valence-corrected chi connectivity index (χ0v) is 12.4. The van der Waals surface area contributed by atoms with Crippen molar-refractivity contribution in [2.45, 2.75) is 13.8 Å². The summed E-state index contributed by atoms with van der Waals surface area (Å²) in [6.07, 6.45) is 1.88. The maximum Gasteiger partial charge on any atom is 0.126 e. The average Bonchev–Trinajstić information content (AvgIpc) is 2.38. The molecule has 19 heavy (non-hydrogen) atoms. The highest BCUT2D eigenvalue weighted by molar-refractivity contribution is 7.56. The molecule has 0 spiro atoms. The summed E-state index contributed by atoms with van der Waals surface area (Å²) in [5.41, 5.74) is 3.27. The van der Waals surface area contributed by atoms with Crippen LogP contribution in [0.15, 0.2) is 41.4 Å². The van der Waals surface area contributed by atoms with Gasteiger partial charge < -0.3 is 5.11 Å². The molecule has 0 saturated heterocycles. The quantitative estimate of drug-likeness (QED) is 0.675. The van der Waals surface area contributed by atoms with Crippen LogP contribution in [0.1, 0.15) is 16.7 Å². The van der Waals surface area contributed by atoms with Gasteiger partial charge in [-0.05, 0) is 30.8 Å². The molecule has 2 aromatic carbocycles. The molecule has 1 atom stereocenters. The molecular weight excluding hydrogens is 253 g/mol. The summed E-state index contributed by atoms with van der Waals surface area (Å²) >= 11 is 0. The number of aryl methyl sites for hydroxylation is 2. The van der Waals surface area contributed by atoms with Crippen molar-refractivity contribution in [3.05, 3.63) is 53.1 Å². The molecule has 3 heteroatoms. The number of hydrogen-bond donors (Lipinski definition) is 1. The van der Waals surface area contributed by atoms with Crippen molar-refractivity contribution < 1.29 is 5.11 Å². The highest BCUT2D eigenvalue weighted by atomic mass is 31.1. The van der Waals surface area contributed by atoms with E-state index in [-0.39, 0.29) is 0 Å². The van der Waals surface area contributed by atoms with Gasteiger partial charge in [-0.2, -0.15) is 0 Å². The van der Waals surface area contributed by atoms with Crippen LogP contribution in [-0.2, 0) is 0 Å². The molecule has 1 N–H and O–H groups in total. The van der Waals surface area contributed by atoms with Gasteiger partial charge in [0.05, 0.1) is 0 Å². The Kier molecular flexibility index (Phi) is 4.34. The highest BCUT2D eigenvalue weighted by Crippen LogP contribution is 2.22. The predicted octanol–water partition coefficient (Wildman–Crippen LogP) is 2.69. The van der Waals surface area contributed by atoms with Crippen LogP contribution < -0.4 is 10.6 Å². The molecule has 0 bridgehead atoms. The molecule has 2 rings (SSSR count). The van der Waals surface area contributed by atoms with Crippen LogP contribution in [0.2, 0.25) is 0 Å². The fraction of sp³-hybridized carbons (Fsp3) is 0.188. The number of nitrogens with zero attached hydrogens (tertiary/aromatic N) is 1. The third-order valence-corrected chi connectivity index (χ3v) is 4.38. The Morgan fingerprint density at radius 2 is 1.89 bits per heavy atom. The van der Waals surface area contributed by atoms with Gasteiger partial charge in [-0.15, -0.1) is 0 Å². The van der Waals surface area contributed by atoms with Gasteiger partial charge >= 0.3 is 0 Å². The van der Waals surface area contributed by atoms with Crippen LogP contribution in [0.4, 0.5) is 0 Å². The molecule has 98 valence electrons. The standard InChI is InChI=1S/C16H18NOP/c1-11-7-8-14(13(9-11)10-17-3)19-15-6-4-5-12(2)16(15)18/h4-10,18-19H,1-3H3. The van der Waals surface area contributed by atoms with Gasteiger partial charge in [0, 0.05) is 24.1 Å². The average molecular weight is 271 g/mol. The number of phenols is 1. The number of hydrogen-bond acceptors (Lipinski definition) is 2. The summed E-state index contributed by atoms with van der Waals surface area (Å²) < 4.78 is 0. The summed E-state index contributed by atoms with van der Waals surface area (Å²) in [4.78, 5) is 4.11. The van der Waals surface area contributed by atoms with Crippen molar-refractivity contribution in [3.63, 3.8) is 0 Å². The van der Waals surface area contributed by atoms with Crippen LogP contribution >= 0.6 is 8.58 Å². The number of para-hydroxylation sites is 1. The summed E-state index contributed by atoms with van der Waals surface area (Å²) in [7, 11) is 2.21. The van der Waals surface area contributed by atoms with Gasteiger partial charge in [-0.3, -0.25) is 4.99 Å². The molecular formula is C16H18NOP. The summed E-state index contributed by atoms with van der Waals surface area (Å²) in [5.74, 6) is 0.404. The first kappa shape index (κ1) is 13.8. The highest BCUT2D eigenvalue weighted by Gasteiger charge is 2.07. The van der Waals surface area contributed by atoms with Gasteiger partial charge in [0.1, 0.15) is 5.75 Å². The molecule has 0 aliphatic carbocycles. The Labute approximate surface area is 116 Å². The smallest absolute Gasteiger partial charge is 0.126 e. The van der Waals surface area contributed by atoms with E-state index in [1.54, 1.807) is 7.05 Å². The van der Waals surface area contributed by atoms with Crippen LogP contribution in [-0.4, -0.2) is 18.4 Å². The summed E-state index contributed by atoms with van der Waals surface area (Å²) in [6, 6.07) is 12.2. The Hall–Kier alpha value is -1.66. The van der Waals surface area contributed by atoms with E-state index in [9.17, 15) is 5.11 Å². The van der Waals surface area contributed by atoms with E-state index in [1.165, 1.54) is 10.9 Å². The van der Waals surface area contributed by atoms with Crippen molar-refractivity contribution in [1.82, 2.24) is 0 Å². The second kappa shape index (κ2) is 5.99. The molecule has 0 aromatic heterocycles. The summed E-state index contributed by atoms with van der Waals surface area (Å²) in [5, 5.41) is 12.3. The first-order chi connectivity index (χ1) is 9.11. The van der Waals surface area contributed by atoms with E-state index < -0.39 is 0 Å². The van der Waals surface area contributed by atoms with E-state index in [1.807, 2.05) is 31.3 Å². The molecule has 0 heterocycles. The summed E-state index contributed by atoms with van der Waals surface area (Å²) in [6.45, 7) is 4.00. The largest absolute Gasteiger partial charge is 0.507 e. The molecule has 0 aliphatic rings. The second-order valence-corrected chi connectivity index (χ2v) is 5.90. The molecule has 0 radical (unpaired) electrons. The van der Waals surface area contributed by atoms with Crippen LogP contribution in [0, 0.1) is 13.8 Å². The van der Waals surface area contributed by atoms with Crippen LogP contribution in [0.3, 0.4) is 0 Å². The number of aromatic hydroxyl groups is 1. The lowest BCUT2D eigenvalue weighted by molar-refractivity contribution is 0.475. The Morgan fingerprint density at radius 1 is 1.11 bits per heavy atom. The van der Waals surface area contributed by atoms with Crippen molar-refractivity contribution in [2.75, 3.05) is 7.05 Å². The maximum absolute atomic E-state index is 10.1. The normalized spacial score (nSPS) is 11.7. The fourth-order valence-electron chi connectivity index (χ4n) is 1.95. The molecule has 2 aromatic rings. The van der Waals surface area contributed by atoms with E-state index >= 15 is 0 Å². The van der Waals surface area contributed by atoms with E-state index in [0.717, 1.165) is 16.4 Å². The minimum absolute atomic E-state index is 0.404. The molecule has 2 nitrogen and oxygen atoms in total. The van der Waals surface area contributed by atoms with Crippen molar-refractivity contribution in [1.29, 1.82) is 0 Å². The maximum atomic E-state index is 10.1. The Bertz CT molecular complexity index is 620. The topological polar surface area (TPSA) is 32.6 Å². The van der Waals surface area contributed by atoms with Gasteiger partial charge in [0.15, 0.2) is 0 Å². The molecule has 0 saturated carbocycles. The first-order valence-electron chi connectivity index (χ1n) is 6.20. The number of phenolic OH excluding ortho intramolecular Hbond substituents is 1. The predicted molar refractivity (Wildman–Crippen MR) is 85.1 cm³/mol. The SMILES string of the molecule is CN=Cc1cc(C)ccc1Pc1cccc(C)c1O. The van der Waals surface area contributed by atoms with Gasteiger partial charge in [0.25, 0.3) is 0 Å². The van der Waals surface area contributed by atoms with E-state index in [2.05, 4.69) is 30.1 Å². The van der Waals surface area contributed by atoms with Crippen LogP contribution in [0.25, 0.3) is 0 Å². The van der Waals surface area contributed by atoms with Crippen molar-refractivity contribution in [2.24, 2.45) is 4.99 Å². The zero-order valence-electron chi connectivity index (χ0n) is 11.4. The van der Waals surface area contributed by atoms with E-state index in [4.69, 9.17) is 0 Å². The van der Waals surface area contributed by atoms with Gasteiger partial charge in [-0.25, -0.2) is 0 Å². The molecule has 0 fully saturated rings. The lowest BCUT2D eigenvalue weighted by atomic mass is 10.1.